The molecule has 0 saturated carbocycles. The molecule has 0 unspecified atom stereocenters. The van der Waals surface area contributed by atoms with Gasteiger partial charge in [-0.05, 0) is 30.7 Å². The van der Waals surface area contributed by atoms with E-state index in [1.165, 1.54) is 16.6 Å². The third kappa shape index (κ3) is 2.28. The molecule has 2 heterocycles. The monoisotopic (exact) mass is 334 g/mol. The summed E-state index contributed by atoms with van der Waals surface area (Å²) in [5, 5.41) is 0. The standard InChI is InChI=1S/C21H24N3O/c1-13-11-12-16-18(22-20(25-16)21(2,3)4)17(13)19-23(5)14-9-7-8-10-15(14)24(19)6/h7-12H,1-6H3/q+1. The van der Waals surface area contributed by atoms with Gasteiger partial charge in [0.2, 0.25) is 5.89 Å². The molecule has 0 amide bonds. The third-order valence-corrected chi connectivity index (χ3v) is 4.87. The lowest BCUT2D eigenvalue weighted by atomic mass is 9.97. The predicted octanol–water partition coefficient (Wildman–Crippen LogP) is 4.42. The van der Waals surface area contributed by atoms with Crippen molar-refractivity contribution < 1.29 is 8.98 Å². The van der Waals surface area contributed by atoms with E-state index in [1.54, 1.807) is 0 Å². The summed E-state index contributed by atoms with van der Waals surface area (Å²) in [6.07, 6.45) is 0. The third-order valence-electron chi connectivity index (χ3n) is 4.87. The minimum atomic E-state index is -0.120. The Morgan fingerprint density at radius 3 is 2.48 bits per heavy atom. The van der Waals surface area contributed by atoms with Gasteiger partial charge in [-0.3, -0.25) is 0 Å². The average Bonchev–Trinajstić information content (AvgIpc) is 3.10. The van der Waals surface area contributed by atoms with Gasteiger partial charge in [0.1, 0.15) is 5.52 Å². The van der Waals surface area contributed by atoms with E-state index in [9.17, 15) is 0 Å². The first-order valence-electron chi connectivity index (χ1n) is 8.63. The molecule has 0 N–H and O–H groups in total. The van der Waals surface area contributed by atoms with Gasteiger partial charge in [0.15, 0.2) is 16.6 Å². The normalized spacial score (nSPS) is 12.4. The Labute approximate surface area is 147 Å². The Hall–Kier alpha value is -2.62. The maximum absolute atomic E-state index is 6.07. The zero-order chi connectivity index (χ0) is 17.9. The molecule has 0 aliphatic heterocycles. The van der Waals surface area contributed by atoms with E-state index < -0.39 is 0 Å². The van der Waals surface area contributed by atoms with Gasteiger partial charge >= 0.3 is 0 Å². The largest absolute Gasteiger partial charge is 0.440 e. The number of benzene rings is 2. The number of oxazole rings is 1. The van der Waals surface area contributed by atoms with Crippen molar-refractivity contribution in [3.8, 4) is 11.4 Å². The van der Waals surface area contributed by atoms with Crippen LogP contribution in [0.3, 0.4) is 0 Å². The summed E-state index contributed by atoms with van der Waals surface area (Å²) < 4.78 is 10.6. The van der Waals surface area contributed by atoms with Crippen molar-refractivity contribution in [2.45, 2.75) is 33.1 Å². The number of fused-ring (bicyclic) bond motifs is 2. The minimum absolute atomic E-state index is 0.120. The lowest BCUT2D eigenvalue weighted by Gasteiger charge is -2.11. The van der Waals surface area contributed by atoms with Crippen molar-refractivity contribution in [1.29, 1.82) is 0 Å². The lowest BCUT2D eigenvalue weighted by Crippen LogP contribution is -2.30. The van der Waals surface area contributed by atoms with Gasteiger partial charge in [0, 0.05) is 5.41 Å². The van der Waals surface area contributed by atoms with Gasteiger partial charge in [0.25, 0.3) is 5.82 Å². The molecule has 4 aromatic rings. The minimum Gasteiger partial charge on any atom is -0.440 e. The predicted molar refractivity (Wildman–Crippen MR) is 101 cm³/mol. The second kappa shape index (κ2) is 5.19. The first-order chi connectivity index (χ1) is 11.8. The van der Waals surface area contributed by atoms with Crippen LogP contribution in [0.2, 0.25) is 0 Å². The number of aryl methyl sites for hydroxylation is 3. The molecule has 2 aromatic heterocycles. The number of aromatic nitrogens is 3. The maximum atomic E-state index is 6.07. The lowest BCUT2D eigenvalue weighted by molar-refractivity contribution is -0.634. The summed E-state index contributed by atoms with van der Waals surface area (Å²) in [7, 11) is 4.22. The summed E-state index contributed by atoms with van der Waals surface area (Å²) in [6.45, 7) is 8.51. The molecule has 25 heavy (non-hydrogen) atoms. The average molecular weight is 334 g/mol. The van der Waals surface area contributed by atoms with Crippen LogP contribution in [-0.4, -0.2) is 9.55 Å². The van der Waals surface area contributed by atoms with Gasteiger partial charge < -0.3 is 4.42 Å². The van der Waals surface area contributed by atoms with E-state index in [1.807, 2.05) is 6.07 Å². The summed E-state index contributed by atoms with van der Waals surface area (Å²) in [6, 6.07) is 12.6. The van der Waals surface area contributed by atoms with Crippen LogP contribution in [-0.2, 0) is 19.5 Å². The number of nitrogens with zero attached hydrogens (tertiary/aromatic N) is 3. The van der Waals surface area contributed by atoms with Crippen LogP contribution in [0, 0.1) is 6.92 Å². The second-order valence-corrected chi connectivity index (χ2v) is 7.80. The highest BCUT2D eigenvalue weighted by Crippen LogP contribution is 2.34. The van der Waals surface area contributed by atoms with Crippen LogP contribution in [0.25, 0.3) is 33.5 Å². The number of imidazole rings is 1. The van der Waals surface area contributed by atoms with Crippen molar-refractivity contribution >= 4 is 22.1 Å². The highest BCUT2D eigenvalue weighted by molar-refractivity contribution is 5.91. The van der Waals surface area contributed by atoms with Gasteiger partial charge in [-0.2, -0.15) is 0 Å². The van der Waals surface area contributed by atoms with Crippen LogP contribution in [0.4, 0.5) is 0 Å². The van der Waals surface area contributed by atoms with Crippen molar-refractivity contribution in [2.75, 3.05) is 0 Å². The Kier molecular flexibility index (Phi) is 3.29. The number of hydrogen-bond acceptors (Lipinski definition) is 2. The molecule has 0 saturated heterocycles. The summed E-state index contributed by atoms with van der Waals surface area (Å²) in [4.78, 5) is 4.88. The molecule has 4 nitrogen and oxygen atoms in total. The van der Waals surface area contributed by atoms with E-state index in [4.69, 9.17) is 9.40 Å². The smallest absolute Gasteiger partial charge is 0.292 e. The van der Waals surface area contributed by atoms with Crippen LogP contribution >= 0.6 is 0 Å². The maximum Gasteiger partial charge on any atom is 0.292 e. The van der Waals surface area contributed by atoms with Crippen molar-refractivity contribution in [1.82, 2.24) is 9.55 Å². The molecule has 0 aliphatic carbocycles. The highest BCUT2D eigenvalue weighted by atomic mass is 16.3. The van der Waals surface area contributed by atoms with E-state index in [-0.39, 0.29) is 5.41 Å². The van der Waals surface area contributed by atoms with E-state index >= 15 is 0 Å². The highest BCUT2D eigenvalue weighted by Gasteiger charge is 2.28. The van der Waals surface area contributed by atoms with Crippen LogP contribution in [0.1, 0.15) is 32.2 Å². The quantitative estimate of drug-likeness (QED) is 0.483. The fourth-order valence-corrected chi connectivity index (χ4v) is 3.52. The zero-order valence-electron chi connectivity index (χ0n) is 15.7. The van der Waals surface area contributed by atoms with E-state index in [2.05, 4.69) is 81.3 Å². The van der Waals surface area contributed by atoms with Gasteiger partial charge in [-0.25, -0.2) is 14.1 Å². The van der Waals surface area contributed by atoms with Gasteiger partial charge in [0.05, 0.1) is 19.7 Å². The Morgan fingerprint density at radius 1 is 1.08 bits per heavy atom. The molecule has 4 heteroatoms. The topological polar surface area (TPSA) is 34.8 Å². The summed E-state index contributed by atoms with van der Waals surface area (Å²) in [5.74, 6) is 1.91. The Balaban J connectivity index is 2.11. The van der Waals surface area contributed by atoms with Crippen LogP contribution in [0.15, 0.2) is 40.8 Å². The SMILES string of the molecule is Cc1ccc2oc(C(C)(C)C)nc2c1-c1n(C)c2ccccc2[n+]1C. The van der Waals surface area contributed by atoms with E-state index in [0.717, 1.165) is 28.4 Å². The van der Waals surface area contributed by atoms with Gasteiger partial charge in [-0.15, -0.1) is 0 Å². The van der Waals surface area contributed by atoms with Crippen molar-refractivity contribution in [2.24, 2.45) is 14.1 Å². The first kappa shape index (κ1) is 15.9. The van der Waals surface area contributed by atoms with Gasteiger partial charge in [-0.1, -0.05) is 39.0 Å². The number of para-hydroxylation sites is 2. The molecule has 0 aliphatic rings. The summed E-state index contributed by atoms with van der Waals surface area (Å²) >= 11 is 0. The first-order valence-corrected chi connectivity index (χ1v) is 8.63. The molecule has 0 bridgehead atoms. The van der Waals surface area contributed by atoms with Crippen LogP contribution in [0.5, 0.6) is 0 Å². The molecular weight excluding hydrogens is 310 g/mol. The van der Waals surface area contributed by atoms with Crippen LogP contribution < -0.4 is 4.57 Å². The Morgan fingerprint density at radius 2 is 1.80 bits per heavy atom. The zero-order valence-corrected chi connectivity index (χ0v) is 15.7. The fraction of sp³-hybridized carbons (Fsp3) is 0.333. The second-order valence-electron chi connectivity index (χ2n) is 7.80. The van der Waals surface area contributed by atoms with Crippen molar-refractivity contribution in [3.05, 3.63) is 47.9 Å². The molecule has 128 valence electrons. The molecule has 0 radical (unpaired) electrons. The fourth-order valence-electron chi connectivity index (χ4n) is 3.52. The van der Waals surface area contributed by atoms with Crippen molar-refractivity contribution in [3.63, 3.8) is 0 Å². The molecular formula is C21H24N3O+. The molecule has 0 spiro atoms. The number of rotatable bonds is 1. The molecule has 0 fully saturated rings. The Bertz CT molecular complexity index is 1070. The molecule has 0 atom stereocenters. The molecule has 4 rings (SSSR count). The number of hydrogen-bond donors (Lipinski definition) is 0. The molecule has 2 aromatic carbocycles. The summed E-state index contributed by atoms with van der Waals surface area (Å²) in [5.41, 5.74) is 6.40. The van der Waals surface area contributed by atoms with E-state index in [0.29, 0.717) is 0 Å².